The van der Waals surface area contributed by atoms with Gasteiger partial charge in [0.25, 0.3) is 18.1 Å². The monoisotopic (exact) mass is 374 g/mol. The number of fused-ring (bicyclic) bond motifs is 2. The molecule has 0 amide bonds. The topological polar surface area (TPSA) is 68.3 Å². The van der Waals surface area contributed by atoms with Crippen LogP contribution in [0.25, 0.3) is 21.5 Å². The Morgan fingerprint density at radius 3 is 1.82 bits per heavy atom. The highest BCUT2D eigenvalue weighted by Gasteiger charge is 2.26. The highest BCUT2D eigenvalue weighted by molar-refractivity contribution is 8.16. The van der Waals surface area contributed by atoms with Crippen LogP contribution in [0.1, 0.15) is 0 Å². The summed E-state index contributed by atoms with van der Waals surface area (Å²) in [6, 6.07) is 13.3. The van der Waals surface area contributed by atoms with Gasteiger partial charge in [-0.15, -0.1) is 0 Å². The van der Waals surface area contributed by atoms with Crippen LogP contribution in [0.15, 0.2) is 58.3 Å². The van der Waals surface area contributed by atoms with Gasteiger partial charge in [-0.05, 0) is 34.4 Å². The molecule has 0 aliphatic carbocycles. The number of benzene rings is 3. The van der Waals surface area contributed by atoms with Crippen molar-refractivity contribution in [1.29, 1.82) is 0 Å². The normalized spacial score (nSPS) is 12.8. The van der Waals surface area contributed by atoms with Crippen LogP contribution in [0.2, 0.25) is 0 Å². The minimum absolute atomic E-state index is 0.218. The van der Waals surface area contributed by atoms with Gasteiger partial charge in [0.1, 0.15) is 9.79 Å². The van der Waals surface area contributed by atoms with E-state index in [1.54, 1.807) is 24.3 Å². The second kappa shape index (κ2) is 5.09. The van der Waals surface area contributed by atoms with Gasteiger partial charge in [0.15, 0.2) is 0 Å². The maximum atomic E-state index is 11.9. The Balaban J connectivity index is 2.60. The van der Waals surface area contributed by atoms with Crippen molar-refractivity contribution in [2.24, 2.45) is 0 Å². The van der Waals surface area contributed by atoms with Crippen molar-refractivity contribution in [3.05, 3.63) is 48.5 Å². The number of halogens is 2. The predicted octanol–water partition coefficient (Wildman–Crippen LogP) is 3.85. The summed E-state index contributed by atoms with van der Waals surface area (Å²) in [6.45, 7) is 0. The predicted molar refractivity (Wildman–Crippen MR) is 87.5 cm³/mol. The third-order valence-corrected chi connectivity index (χ3v) is 6.19. The zero-order valence-corrected chi connectivity index (χ0v) is 14.0. The van der Waals surface area contributed by atoms with Gasteiger partial charge in [0.05, 0.1) is 0 Å². The fourth-order valence-corrected chi connectivity index (χ4v) is 5.54. The first-order valence-corrected chi connectivity index (χ1v) is 10.6. The number of hydrogen-bond acceptors (Lipinski definition) is 4. The van der Waals surface area contributed by atoms with E-state index < -0.39 is 27.9 Å². The number of hydrogen-bond donors (Lipinski definition) is 0. The van der Waals surface area contributed by atoms with E-state index in [-0.39, 0.29) is 5.39 Å². The van der Waals surface area contributed by atoms with Crippen molar-refractivity contribution in [2.45, 2.75) is 9.79 Å². The molecule has 3 aromatic rings. The molecule has 0 aliphatic heterocycles. The highest BCUT2D eigenvalue weighted by atomic mass is 35.7. The zero-order chi connectivity index (χ0) is 16.1. The van der Waals surface area contributed by atoms with Crippen LogP contribution >= 0.6 is 21.4 Å². The second-order valence-corrected chi connectivity index (χ2v) is 9.73. The van der Waals surface area contributed by atoms with Crippen LogP contribution in [-0.2, 0) is 18.1 Å². The highest BCUT2D eigenvalue weighted by Crippen LogP contribution is 2.35. The van der Waals surface area contributed by atoms with E-state index in [0.29, 0.717) is 5.39 Å². The van der Waals surface area contributed by atoms with Gasteiger partial charge in [-0.25, -0.2) is 16.8 Å². The SMILES string of the molecule is O=S(=O)(Cl)c1ccc2cc3ccccc3cc2c1S(=O)(=O)Cl. The van der Waals surface area contributed by atoms with Crippen molar-refractivity contribution < 1.29 is 16.8 Å². The Morgan fingerprint density at radius 1 is 0.682 bits per heavy atom. The summed E-state index contributed by atoms with van der Waals surface area (Å²) < 4.78 is 47.1. The van der Waals surface area contributed by atoms with E-state index in [1.165, 1.54) is 6.07 Å². The third-order valence-electron chi connectivity index (χ3n) is 3.31. The molecule has 0 fully saturated rings. The van der Waals surface area contributed by atoms with E-state index in [2.05, 4.69) is 0 Å². The lowest BCUT2D eigenvalue weighted by Crippen LogP contribution is -2.02. The Hall–Kier alpha value is -1.34. The van der Waals surface area contributed by atoms with Crippen LogP contribution in [-0.4, -0.2) is 16.8 Å². The van der Waals surface area contributed by atoms with Crippen LogP contribution in [0, 0.1) is 0 Å². The van der Waals surface area contributed by atoms with Crippen LogP contribution in [0.5, 0.6) is 0 Å². The summed E-state index contributed by atoms with van der Waals surface area (Å²) in [4.78, 5) is -1.01. The Kier molecular flexibility index (Phi) is 3.60. The molecule has 0 bridgehead atoms. The zero-order valence-electron chi connectivity index (χ0n) is 10.8. The van der Waals surface area contributed by atoms with Gasteiger partial charge in [-0.2, -0.15) is 0 Å². The van der Waals surface area contributed by atoms with Gasteiger partial charge in [-0.3, -0.25) is 0 Å². The smallest absolute Gasteiger partial charge is 0.207 e. The van der Waals surface area contributed by atoms with Gasteiger partial charge in [0.2, 0.25) is 0 Å². The molecular weight excluding hydrogens is 367 g/mol. The standard InChI is InChI=1S/C14H8Cl2O4S2/c15-21(17,18)13-6-5-11-7-9-3-1-2-4-10(9)8-12(11)14(13)22(16,19)20/h1-8H. The van der Waals surface area contributed by atoms with Crippen molar-refractivity contribution in [3.8, 4) is 0 Å². The number of rotatable bonds is 2. The summed E-state index contributed by atoms with van der Waals surface area (Å²) >= 11 is 0. The average molecular weight is 375 g/mol. The molecule has 114 valence electrons. The first-order valence-electron chi connectivity index (χ1n) is 6.03. The largest absolute Gasteiger partial charge is 0.263 e. The fraction of sp³-hybridized carbons (Fsp3) is 0. The molecule has 3 aromatic carbocycles. The van der Waals surface area contributed by atoms with Gasteiger partial charge in [-0.1, -0.05) is 30.3 Å². The second-order valence-electron chi connectivity index (χ2n) is 4.69. The molecule has 0 saturated heterocycles. The first kappa shape index (κ1) is 15.6. The van der Waals surface area contributed by atoms with E-state index in [4.69, 9.17) is 21.4 Å². The summed E-state index contributed by atoms with van der Waals surface area (Å²) in [7, 11) is 2.23. The lowest BCUT2D eigenvalue weighted by atomic mass is 10.0. The molecule has 3 rings (SSSR count). The molecule has 0 saturated carbocycles. The van der Waals surface area contributed by atoms with Crippen molar-refractivity contribution in [2.75, 3.05) is 0 Å². The molecule has 0 heterocycles. The molecule has 0 atom stereocenters. The molecule has 0 aromatic heterocycles. The van der Waals surface area contributed by atoms with E-state index in [1.807, 2.05) is 12.1 Å². The lowest BCUT2D eigenvalue weighted by Gasteiger charge is -2.09. The maximum Gasteiger partial charge on any atom is 0.263 e. The van der Waals surface area contributed by atoms with Crippen LogP contribution in [0.3, 0.4) is 0 Å². The maximum absolute atomic E-state index is 11.9. The van der Waals surface area contributed by atoms with Gasteiger partial charge in [0, 0.05) is 26.8 Å². The minimum atomic E-state index is -4.30. The molecular formula is C14H8Cl2O4S2. The van der Waals surface area contributed by atoms with E-state index >= 15 is 0 Å². The molecule has 0 radical (unpaired) electrons. The molecule has 0 N–H and O–H groups in total. The minimum Gasteiger partial charge on any atom is -0.207 e. The quantitative estimate of drug-likeness (QED) is 0.504. The Labute approximate surface area is 136 Å². The van der Waals surface area contributed by atoms with E-state index in [0.717, 1.165) is 16.8 Å². The molecule has 22 heavy (non-hydrogen) atoms. The van der Waals surface area contributed by atoms with Crippen LogP contribution in [0.4, 0.5) is 0 Å². The molecule has 0 unspecified atom stereocenters. The van der Waals surface area contributed by atoms with Crippen molar-refractivity contribution in [3.63, 3.8) is 0 Å². The summed E-state index contributed by atoms with van der Waals surface area (Å²) in [5.74, 6) is 0. The van der Waals surface area contributed by atoms with Crippen LogP contribution < -0.4 is 0 Å². The Bertz CT molecular complexity index is 1120. The molecule has 4 nitrogen and oxygen atoms in total. The summed E-state index contributed by atoms with van der Waals surface area (Å²) in [6.07, 6.45) is 0. The van der Waals surface area contributed by atoms with Gasteiger partial charge < -0.3 is 0 Å². The first-order chi connectivity index (χ1) is 10.2. The molecule has 0 spiro atoms. The van der Waals surface area contributed by atoms with Crippen molar-refractivity contribution in [1.82, 2.24) is 0 Å². The molecule has 8 heteroatoms. The molecule has 0 aliphatic rings. The van der Waals surface area contributed by atoms with E-state index in [9.17, 15) is 16.8 Å². The lowest BCUT2D eigenvalue weighted by molar-refractivity contribution is 0.598. The summed E-state index contributed by atoms with van der Waals surface area (Å²) in [5, 5.41) is 2.44. The van der Waals surface area contributed by atoms with Crippen molar-refractivity contribution >= 4 is 61.0 Å². The third kappa shape index (κ3) is 2.67. The van der Waals surface area contributed by atoms with Gasteiger partial charge >= 0.3 is 0 Å². The summed E-state index contributed by atoms with van der Waals surface area (Å²) in [5.41, 5.74) is 0. The average Bonchev–Trinajstić information content (AvgIpc) is 2.41. The Morgan fingerprint density at radius 2 is 1.27 bits per heavy atom. The fourth-order valence-electron chi connectivity index (χ4n) is 2.41.